The minimum Gasteiger partial charge on any atom is -0.372 e. The molecule has 1 amide bonds. The first kappa shape index (κ1) is 13.6. The van der Waals surface area contributed by atoms with Crippen LogP contribution in [-0.2, 0) is 0 Å². The van der Waals surface area contributed by atoms with Crippen LogP contribution in [0.4, 0.5) is 11.4 Å². The Morgan fingerprint density at radius 1 is 1.14 bits per heavy atom. The van der Waals surface area contributed by atoms with Gasteiger partial charge >= 0.3 is 0 Å². The first-order valence-corrected chi connectivity index (χ1v) is 7.29. The quantitative estimate of drug-likeness (QED) is 0.868. The molecule has 1 aromatic heterocycles. The van der Waals surface area contributed by atoms with Crippen molar-refractivity contribution < 1.29 is 4.79 Å². The van der Waals surface area contributed by atoms with Crippen molar-refractivity contribution in [3.8, 4) is 0 Å². The largest absolute Gasteiger partial charge is 0.372 e. The fourth-order valence-electron chi connectivity index (χ4n) is 2.66. The molecule has 0 bridgehead atoms. The maximum atomic E-state index is 12.4. The minimum atomic E-state index is -0.0444. The minimum absolute atomic E-state index is 0.0444. The molecule has 0 radical (unpaired) electrons. The second-order valence-corrected chi connectivity index (χ2v) is 5.32. The topological polar surface area (TPSA) is 36.4 Å². The third-order valence-corrected chi connectivity index (χ3v) is 3.92. The van der Waals surface area contributed by atoms with E-state index in [9.17, 15) is 4.79 Å². The second kappa shape index (κ2) is 5.95. The maximum absolute atomic E-state index is 12.4. The maximum Gasteiger partial charge on any atom is 0.259 e. The lowest BCUT2D eigenvalue weighted by Crippen LogP contribution is -2.26. The molecule has 0 N–H and O–H groups in total. The number of hydrogen-bond acceptors (Lipinski definition) is 3. The molecule has 1 aliphatic rings. The molecule has 1 fully saturated rings. The van der Waals surface area contributed by atoms with E-state index < -0.39 is 0 Å². The van der Waals surface area contributed by atoms with Gasteiger partial charge in [0.1, 0.15) is 0 Å². The van der Waals surface area contributed by atoms with Gasteiger partial charge in [0, 0.05) is 43.9 Å². The van der Waals surface area contributed by atoms with E-state index in [1.807, 2.05) is 12.1 Å². The van der Waals surface area contributed by atoms with E-state index in [0.29, 0.717) is 5.56 Å². The van der Waals surface area contributed by atoms with Crippen LogP contribution in [0.25, 0.3) is 0 Å². The van der Waals surface area contributed by atoms with E-state index in [4.69, 9.17) is 0 Å². The van der Waals surface area contributed by atoms with E-state index in [1.165, 1.54) is 18.5 Å². The summed E-state index contributed by atoms with van der Waals surface area (Å²) in [7, 11) is 1.79. The second-order valence-electron chi connectivity index (χ2n) is 5.32. The molecule has 108 valence electrons. The van der Waals surface area contributed by atoms with Crippen molar-refractivity contribution in [1.82, 2.24) is 4.98 Å². The molecule has 1 saturated heterocycles. The van der Waals surface area contributed by atoms with Gasteiger partial charge in [-0.15, -0.1) is 0 Å². The Morgan fingerprint density at radius 3 is 2.48 bits per heavy atom. The van der Waals surface area contributed by atoms with Gasteiger partial charge in [0.15, 0.2) is 0 Å². The number of anilines is 2. The predicted molar refractivity (Wildman–Crippen MR) is 84.9 cm³/mol. The van der Waals surface area contributed by atoms with Gasteiger partial charge in [-0.3, -0.25) is 9.78 Å². The SMILES string of the molecule is CN(C(=O)c1cccnc1)c1ccc(N2CCCC2)cc1. The van der Waals surface area contributed by atoms with Crippen LogP contribution >= 0.6 is 0 Å². The van der Waals surface area contributed by atoms with Crippen LogP contribution in [0.2, 0.25) is 0 Å². The summed E-state index contributed by atoms with van der Waals surface area (Å²) in [6.07, 6.45) is 5.79. The summed E-state index contributed by atoms with van der Waals surface area (Å²) >= 11 is 0. The molecule has 0 saturated carbocycles. The number of rotatable bonds is 3. The van der Waals surface area contributed by atoms with Gasteiger partial charge in [-0.2, -0.15) is 0 Å². The predicted octanol–water partition coefficient (Wildman–Crippen LogP) is 2.96. The summed E-state index contributed by atoms with van der Waals surface area (Å²) in [5, 5.41) is 0. The summed E-state index contributed by atoms with van der Waals surface area (Å²) in [5.41, 5.74) is 2.73. The zero-order chi connectivity index (χ0) is 14.7. The van der Waals surface area contributed by atoms with Crippen molar-refractivity contribution >= 4 is 17.3 Å². The average Bonchev–Trinajstić information content (AvgIpc) is 3.09. The zero-order valence-corrected chi connectivity index (χ0v) is 12.2. The summed E-state index contributed by atoms with van der Waals surface area (Å²) in [4.78, 5) is 20.4. The molecule has 4 nitrogen and oxygen atoms in total. The molecule has 0 aliphatic carbocycles. The smallest absolute Gasteiger partial charge is 0.259 e. The van der Waals surface area contributed by atoms with Crippen molar-refractivity contribution in [3.63, 3.8) is 0 Å². The number of benzene rings is 1. The van der Waals surface area contributed by atoms with E-state index in [-0.39, 0.29) is 5.91 Å². The van der Waals surface area contributed by atoms with Crippen molar-refractivity contribution in [2.45, 2.75) is 12.8 Å². The molecule has 3 rings (SSSR count). The van der Waals surface area contributed by atoms with Crippen LogP contribution in [0.1, 0.15) is 23.2 Å². The molecule has 0 spiro atoms. The van der Waals surface area contributed by atoms with Gasteiger partial charge in [-0.05, 0) is 49.2 Å². The number of aromatic nitrogens is 1. The Hall–Kier alpha value is -2.36. The first-order chi connectivity index (χ1) is 10.3. The highest BCUT2D eigenvalue weighted by atomic mass is 16.2. The van der Waals surface area contributed by atoms with Gasteiger partial charge < -0.3 is 9.80 Å². The fourth-order valence-corrected chi connectivity index (χ4v) is 2.66. The van der Waals surface area contributed by atoms with Gasteiger partial charge in [0.25, 0.3) is 5.91 Å². The van der Waals surface area contributed by atoms with Gasteiger partial charge in [-0.25, -0.2) is 0 Å². The van der Waals surface area contributed by atoms with Gasteiger partial charge in [-0.1, -0.05) is 0 Å². The molecule has 1 aliphatic heterocycles. The number of nitrogens with zero attached hydrogens (tertiary/aromatic N) is 3. The third kappa shape index (κ3) is 2.89. The summed E-state index contributed by atoms with van der Waals surface area (Å²) in [6, 6.07) is 11.7. The molecule has 0 unspecified atom stereocenters. The first-order valence-electron chi connectivity index (χ1n) is 7.29. The lowest BCUT2D eigenvalue weighted by molar-refractivity contribution is 0.0992. The number of hydrogen-bond donors (Lipinski definition) is 0. The fraction of sp³-hybridized carbons (Fsp3) is 0.294. The lowest BCUT2D eigenvalue weighted by atomic mass is 10.2. The number of carbonyl (C=O) groups is 1. The van der Waals surface area contributed by atoms with Crippen LogP contribution in [0.15, 0.2) is 48.8 Å². The molecular weight excluding hydrogens is 262 g/mol. The molecule has 0 atom stereocenters. The lowest BCUT2D eigenvalue weighted by Gasteiger charge is -2.21. The Kier molecular flexibility index (Phi) is 3.86. The highest BCUT2D eigenvalue weighted by Crippen LogP contribution is 2.24. The van der Waals surface area contributed by atoms with Crippen LogP contribution in [0.3, 0.4) is 0 Å². The van der Waals surface area contributed by atoms with Crippen molar-refractivity contribution in [1.29, 1.82) is 0 Å². The van der Waals surface area contributed by atoms with Gasteiger partial charge in [0.2, 0.25) is 0 Å². The Balaban J connectivity index is 1.75. The standard InChI is InChI=1S/C17H19N3O/c1-19(17(21)14-5-4-10-18-13-14)15-6-8-16(9-7-15)20-11-2-3-12-20/h4-10,13H,2-3,11-12H2,1H3. The summed E-state index contributed by atoms with van der Waals surface area (Å²) in [6.45, 7) is 2.26. The molecule has 4 heteroatoms. The van der Waals surface area contributed by atoms with E-state index in [2.05, 4.69) is 22.0 Å². The monoisotopic (exact) mass is 281 g/mol. The molecule has 1 aromatic carbocycles. The molecular formula is C17H19N3O. The molecule has 2 heterocycles. The number of amides is 1. The number of pyridine rings is 1. The van der Waals surface area contributed by atoms with Crippen LogP contribution in [0.5, 0.6) is 0 Å². The van der Waals surface area contributed by atoms with Crippen molar-refractivity contribution in [3.05, 3.63) is 54.4 Å². The number of carbonyl (C=O) groups excluding carboxylic acids is 1. The highest BCUT2D eigenvalue weighted by Gasteiger charge is 2.15. The van der Waals surface area contributed by atoms with Gasteiger partial charge in [0.05, 0.1) is 5.56 Å². The van der Waals surface area contributed by atoms with E-state index in [0.717, 1.165) is 18.8 Å². The summed E-state index contributed by atoms with van der Waals surface area (Å²) in [5.74, 6) is -0.0444. The average molecular weight is 281 g/mol. The van der Waals surface area contributed by atoms with Crippen molar-refractivity contribution in [2.24, 2.45) is 0 Å². The van der Waals surface area contributed by atoms with E-state index in [1.54, 1.807) is 36.5 Å². The molecule has 2 aromatic rings. The molecule has 21 heavy (non-hydrogen) atoms. The highest BCUT2D eigenvalue weighted by molar-refractivity contribution is 6.05. The third-order valence-electron chi connectivity index (χ3n) is 3.92. The summed E-state index contributed by atoms with van der Waals surface area (Å²) < 4.78 is 0. The van der Waals surface area contributed by atoms with Crippen LogP contribution in [-0.4, -0.2) is 31.0 Å². The Bertz CT molecular complexity index is 604. The van der Waals surface area contributed by atoms with Crippen LogP contribution in [0, 0.1) is 0 Å². The Morgan fingerprint density at radius 2 is 1.86 bits per heavy atom. The normalized spacial score (nSPS) is 14.2. The zero-order valence-electron chi connectivity index (χ0n) is 12.2. The Labute approximate surface area is 125 Å². The van der Waals surface area contributed by atoms with E-state index >= 15 is 0 Å². The van der Waals surface area contributed by atoms with Crippen LogP contribution < -0.4 is 9.80 Å². The van der Waals surface area contributed by atoms with Crippen molar-refractivity contribution in [2.75, 3.05) is 29.9 Å².